The Morgan fingerprint density at radius 1 is 1.24 bits per heavy atom. The molecule has 1 aromatic rings. The summed E-state index contributed by atoms with van der Waals surface area (Å²) in [5, 5.41) is 3.54. The molecule has 0 bridgehead atoms. The normalized spacial score (nSPS) is 19.1. The number of benzene rings is 1. The lowest BCUT2D eigenvalue weighted by atomic mass is 9.80. The molecule has 0 aromatic heterocycles. The molecule has 2 aliphatic rings. The van der Waals surface area contributed by atoms with E-state index in [1.54, 1.807) is 11.8 Å². The van der Waals surface area contributed by atoms with E-state index in [0.29, 0.717) is 13.2 Å². The molecule has 0 atom stereocenters. The van der Waals surface area contributed by atoms with E-state index in [9.17, 15) is 0 Å². The van der Waals surface area contributed by atoms with Crippen molar-refractivity contribution < 1.29 is 14.2 Å². The van der Waals surface area contributed by atoms with Crippen LogP contribution in [0.5, 0.6) is 11.5 Å². The van der Waals surface area contributed by atoms with Crippen molar-refractivity contribution in [2.75, 3.05) is 33.1 Å². The molecule has 4 nitrogen and oxygen atoms in total. The zero-order chi connectivity index (χ0) is 14.7. The summed E-state index contributed by atoms with van der Waals surface area (Å²) >= 11 is 1.74. The van der Waals surface area contributed by atoms with Crippen LogP contribution in [0.15, 0.2) is 17.0 Å². The first-order valence-electron chi connectivity index (χ1n) is 7.49. The highest BCUT2D eigenvalue weighted by molar-refractivity contribution is 7.98. The van der Waals surface area contributed by atoms with Gasteiger partial charge in [0.2, 0.25) is 0 Å². The fourth-order valence-corrected chi connectivity index (χ4v) is 3.51. The molecule has 21 heavy (non-hydrogen) atoms. The van der Waals surface area contributed by atoms with Crippen LogP contribution in [0, 0.1) is 0 Å². The van der Waals surface area contributed by atoms with Crippen LogP contribution in [0.4, 0.5) is 0 Å². The van der Waals surface area contributed by atoms with Crippen LogP contribution >= 0.6 is 11.8 Å². The van der Waals surface area contributed by atoms with Crippen LogP contribution in [0.25, 0.3) is 0 Å². The van der Waals surface area contributed by atoms with Gasteiger partial charge in [-0.15, -0.1) is 11.8 Å². The Morgan fingerprint density at radius 3 is 2.52 bits per heavy atom. The number of fused-ring (bicyclic) bond motifs is 1. The van der Waals surface area contributed by atoms with Crippen molar-refractivity contribution in [3.8, 4) is 11.5 Å². The van der Waals surface area contributed by atoms with E-state index >= 15 is 0 Å². The molecule has 1 aliphatic carbocycles. The summed E-state index contributed by atoms with van der Waals surface area (Å²) < 4.78 is 17.0. The molecular formula is C16H23NO3S. The van der Waals surface area contributed by atoms with Crippen molar-refractivity contribution in [2.45, 2.75) is 36.3 Å². The van der Waals surface area contributed by atoms with E-state index in [1.165, 1.54) is 16.9 Å². The van der Waals surface area contributed by atoms with E-state index in [-0.39, 0.29) is 5.60 Å². The molecule has 1 N–H and O–H groups in total. The molecule has 0 spiro atoms. The summed E-state index contributed by atoms with van der Waals surface area (Å²) in [6.45, 7) is 3.00. The molecule has 1 saturated carbocycles. The summed E-state index contributed by atoms with van der Waals surface area (Å²) in [6, 6.07) is 4.19. The molecule has 0 amide bonds. The first-order chi connectivity index (χ1) is 10.3. The lowest BCUT2D eigenvalue weighted by Gasteiger charge is -2.40. The molecule has 1 heterocycles. The second-order valence-corrected chi connectivity index (χ2v) is 6.50. The second-order valence-electron chi connectivity index (χ2n) is 5.65. The lowest BCUT2D eigenvalue weighted by molar-refractivity contribution is -0.0695. The highest BCUT2D eigenvalue weighted by Gasteiger charge is 2.36. The smallest absolute Gasteiger partial charge is 0.162 e. The van der Waals surface area contributed by atoms with Crippen LogP contribution in [0.1, 0.15) is 24.8 Å². The largest absolute Gasteiger partial charge is 0.486 e. The zero-order valence-electron chi connectivity index (χ0n) is 12.7. The number of hydrogen-bond donors (Lipinski definition) is 1. The van der Waals surface area contributed by atoms with Gasteiger partial charge in [0.05, 0.1) is 5.60 Å². The van der Waals surface area contributed by atoms with Crippen LogP contribution in [0.3, 0.4) is 0 Å². The minimum absolute atomic E-state index is 0.0628. The van der Waals surface area contributed by atoms with Crippen LogP contribution in [-0.2, 0) is 11.3 Å². The van der Waals surface area contributed by atoms with Gasteiger partial charge in [0.25, 0.3) is 0 Å². The van der Waals surface area contributed by atoms with Crippen molar-refractivity contribution in [1.29, 1.82) is 0 Å². The molecular weight excluding hydrogens is 286 g/mol. The van der Waals surface area contributed by atoms with Gasteiger partial charge < -0.3 is 19.5 Å². The van der Waals surface area contributed by atoms with E-state index in [4.69, 9.17) is 14.2 Å². The summed E-state index contributed by atoms with van der Waals surface area (Å²) in [5.74, 6) is 1.72. The number of ether oxygens (including phenoxy) is 3. The maximum absolute atomic E-state index is 5.68. The Kier molecular flexibility index (Phi) is 4.62. The third-order valence-corrected chi connectivity index (χ3v) is 5.23. The molecule has 116 valence electrons. The molecule has 0 unspecified atom stereocenters. The molecule has 3 rings (SSSR count). The van der Waals surface area contributed by atoms with Crippen molar-refractivity contribution in [3.63, 3.8) is 0 Å². The second kappa shape index (κ2) is 6.46. The highest BCUT2D eigenvalue weighted by atomic mass is 32.2. The zero-order valence-corrected chi connectivity index (χ0v) is 13.6. The predicted molar refractivity (Wildman–Crippen MR) is 84.5 cm³/mol. The molecule has 1 aromatic carbocycles. The van der Waals surface area contributed by atoms with Crippen molar-refractivity contribution in [1.82, 2.24) is 5.32 Å². The molecule has 1 aliphatic heterocycles. The Hall–Kier alpha value is -0.910. The standard InChI is InChI=1S/C16H23NO3S/c1-18-16(4-3-5-16)11-17-10-12-8-13-14(9-15(12)21-2)20-7-6-19-13/h8-9,17H,3-7,10-11H2,1-2H3. The number of hydrogen-bond acceptors (Lipinski definition) is 5. The van der Waals surface area contributed by atoms with E-state index in [1.807, 2.05) is 7.11 Å². The highest BCUT2D eigenvalue weighted by Crippen LogP contribution is 2.37. The van der Waals surface area contributed by atoms with Crippen LogP contribution in [-0.4, -0.2) is 38.7 Å². The van der Waals surface area contributed by atoms with E-state index in [0.717, 1.165) is 37.4 Å². The Balaban J connectivity index is 1.66. The van der Waals surface area contributed by atoms with Gasteiger partial charge >= 0.3 is 0 Å². The first kappa shape index (κ1) is 15.0. The molecule has 0 radical (unpaired) electrons. The number of methoxy groups -OCH3 is 1. The van der Waals surface area contributed by atoms with Gasteiger partial charge in [0.15, 0.2) is 11.5 Å². The van der Waals surface area contributed by atoms with Gasteiger partial charge in [0, 0.05) is 25.1 Å². The van der Waals surface area contributed by atoms with E-state index in [2.05, 4.69) is 23.7 Å². The number of nitrogens with one attached hydrogen (secondary N) is 1. The first-order valence-corrected chi connectivity index (χ1v) is 8.71. The third kappa shape index (κ3) is 3.15. The summed E-state index contributed by atoms with van der Waals surface area (Å²) in [5.41, 5.74) is 1.32. The average Bonchev–Trinajstić information content (AvgIpc) is 2.49. The number of rotatable bonds is 6. The molecule has 0 saturated heterocycles. The van der Waals surface area contributed by atoms with Gasteiger partial charge in [-0.25, -0.2) is 0 Å². The quantitative estimate of drug-likeness (QED) is 0.818. The van der Waals surface area contributed by atoms with Crippen molar-refractivity contribution in [2.24, 2.45) is 0 Å². The van der Waals surface area contributed by atoms with Crippen molar-refractivity contribution in [3.05, 3.63) is 17.7 Å². The van der Waals surface area contributed by atoms with Gasteiger partial charge in [-0.1, -0.05) is 0 Å². The Bertz CT molecular complexity index is 497. The number of thioether (sulfide) groups is 1. The minimum atomic E-state index is 0.0628. The van der Waals surface area contributed by atoms with Crippen molar-refractivity contribution >= 4 is 11.8 Å². The summed E-state index contributed by atoms with van der Waals surface area (Å²) in [4.78, 5) is 1.24. The van der Waals surface area contributed by atoms with Crippen LogP contribution in [0.2, 0.25) is 0 Å². The minimum Gasteiger partial charge on any atom is -0.486 e. The average molecular weight is 309 g/mol. The fourth-order valence-electron chi connectivity index (χ4n) is 2.89. The monoisotopic (exact) mass is 309 g/mol. The predicted octanol–water partition coefficient (Wildman–Crippen LogP) is 2.84. The third-order valence-electron chi connectivity index (χ3n) is 4.41. The van der Waals surface area contributed by atoms with Gasteiger partial charge in [-0.2, -0.15) is 0 Å². The molecule has 5 heteroatoms. The van der Waals surface area contributed by atoms with Crippen LogP contribution < -0.4 is 14.8 Å². The fraction of sp³-hybridized carbons (Fsp3) is 0.625. The van der Waals surface area contributed by atoms with Gasteiger partial charge in [-0.3, -0.25) is 0 Å². The van der Waals surface area contributed by atoms with Gasteiger partial charge in [0.1, 0.15) is 13.2 Å². The maximum Gasteiger partial charge on any atom is 0.162 e. The summed E-state index contributed by atoms with van der Waals surface area (Å²) in [7, 11) is 1.82. The SMILES string of the molecule is COC1(CNCc2cc3c(cc2SC)OCCO3)CCC1. The Morgan fingerprint density at radius 2 is 1.95 bits per heavy atom. The summed E-state index contributed by atoms with van der Waals surface area (Å²) in [6.07, 6.45) is 5.69. The van der Waals surface area contributed by atoms with E-state index < -0.39 is 0 Å². The topological polar surface area (TPSA) is 39.7 Å². The Labute approximate surface area is 130 Å². The lowest BCUT2D eigenvalue weighted by Crippen LogP contribution is -2.47. The maximum atomic E-state index is 5.68. The molecule has 1 fully saturated rings. The van der Waals surface area contributed by atoms with Gasteiger partial charge in [-0.05, 0) is 43.2 Å².